The van der Waals surface area contributed by atoms with Crippen molar-refractivity contribution in [2.75, 3.05) is 20.7 Å². The van der Waals surface area contributed by atoms with Gasteiger partial charge in [0.2, 0.25) is 0 Å². The molecule has 0 amide bonds. The van der Waals surface area contributed by atoms with Gasteiger partial charge in [-0.25, -0.2) is 0 Å². The van der Waals surface area contributed by atoms with E-state index in [2.05, 4.69) is 21.8 Å². The molecule has 4 nitrogen and oxygen atoms in total. The molecule has 1 heterocycles. The number of benzene rings is 1. The number of hydrogen-bond acceptors (Lipinski definition) is 3. The van der Waals surface area contributed by atoms with Gasteiger partial charge < -0.3 is 15.0 Å². The minimum atomic E-state index is -4.31. The number of nitrogens with zero attached hydrogens (tertiary/aromatic N) is 2. The van der Waals surface area contributed by atoms with Crippen LogP contribution in [0, 0.1) is 0 Å². The molecular weight excluding hydrogens is 363 g/mol. The zero-order valence-electron chi connectivity index (χ0n) is 14.7. The van der Waals surface area contributed by atoms with Crippen molar-refractivity contribution in [1.29, 1.82) is 0 Å². The smallest absolute Gasteiger partial charge is 0.367 e. The Labute approximate surface area is 155 Å². The summed E-state index contributed by atoms with van der Waals surface area (Å²) in [6.07, 6.45) is -4.31. The third-order valence-corrected chi connectivity index (χ3v) is 4.28. The number of hydrogen-bond donors (Lipinski definition) is 1. The predicted molar refractivity (Wildman–Crippen MR) is 98.1 cm³/mol. The van der Waals surface area contributed by atoms with Gasteiger partial charge in [-0.3, -0.25) is 4.99 Å². The van der Waals surface area contributed by atoms with Crippen LogP contribution in [0.3, 0.4) is 0 Å². The molecule has 0 bridgehead atoms. The Bertz CT molecular complexity index is 702. The van der Waals surface area contributed by atoms with E-state index in [0.717, 1.165) is 18.1 Å². The molecule has 0 aliphatic heterocycles. The zero-order chi connectivity index (χ0) is 19.0. The number of nitrogens with one attached hydrogen (secondary N) is 1. The third-order valence-electron chi connectivity index (χ3n) is 3.55. The second kappa shape index (κ2) is 9.59. The predicted octanol–water partition coefficient (Wildman–Crippen LogP) is 4.03. The van der Waals surface area contributed by atoms with Crippen LogP contribution in [0.15, 0.2) is 46.1 Å². The molecule has 142 valence electrons. The summed E-state index contributed by atoms with van der Waals surface area (Å²) in [7, 11) is 3.67. The Morgan fingerprint density at radius 2 is 2.00 bits per heavy atom. The first-order chi connectivity index (χ1) is 12.4. The van der Waals surface area contributed by atoms with E-state index < -0.39 is 12.8 Å². The van der Waals surface area contributed by atoms with Crippen LogP contribution >= 0.6 is 11.3 Å². The van der Waals surface area contributed by atoms with Crippen LogP contribution in [0.4, 0.5) is 13.2 Å². The molecule has 0 saturated carbocycles. The molecular formula is C18H22F3N3OS. The minimum absolute atomic E-state index is 0.0693. The summed E-state index contributed by atoms with van der Waals surface area (Å²) < 4.78 is 41.1. The Morgan fingerprint density at radius 3 is 2.65 bits per heavy atom. The van der Waals surface area contributed by atoms with Crippen molar-refractivity contribution in [3.63, 3.8) is 0 Å². The van der Waals surface area contributed by atoms with E-state index in [1.54, 1.807) is 30.5 Å². The number of rotatable bonds is 7. The van der Waals surface area contributed by atoms with Crippen molar-refractivity contribution in [2.24, 2.45) is 4.99 Å². The lowest BCUT2D eigenvalue weighted by Crippen LogP contribution is -2.37. The van der Waals surface area contributed by atoms with Gasteiger partial charge >= 0.3 is 6.18 Å². The quantitative estimate of drug-likeness (QED) is 0.577. The van der Waals surface area contributed by atoms with Crippen LogP contribution in [-0.4, -0.2) is 37.7 Å². The standard InChI is InChI=1S/C18H22F3N3OS/c1-22-17(24(2)10-16-6-7-26-12-16)23-9-14-4-3-5-15(8-14)11-25-13-18(19,20)21/h3-8,12H,9-11,13H2,1-2H3,(H,22,23). The molecule has 2 aromatic rings. The van der Waals surface area contributed by atoms with Crippen LogP contribution in [0.2, 0.25) is 0 Å². The van der Waals surface area contributed by atoms with Gasteiger partial charge in [-0.1, -0.05) is 24.3 Å². The van der Waals surface area contributed by atoms with E-state index in [0.29, 0.717) is 12.1 Å². The van der Waals surface area contributed by atoms with E-state index in [-0.39, 0.29) is 6.61 Å². The van der Waals surface area contributed by atoms with Crippen molar-refractivity contribution < 1.29 is 17.9 Å². The maximum atomic E-state index is 12.1. The molecule has 1 aromatic carbocycles. The highest BCUT2D eigenvalue weighted by molar-refractivity contribution is 7.07. The highest BCUT2D eigenvalue weighted by atomic mass is 32.1. The Balaban J connectivity index is 1.86. The van der Waals surface area contributed by atoms with Crippen LogP contribution in [-0.2, 0) is 24.4 Å². The van der Waals surface area contributed by atoms with E-state index in [9.17, 15) is 13.2 Å². The minimum Gasteiger partial charge on any atom is -0.367 e. The Hall–Kier alpha value is -2.06. The monoisotopic (exact) mass is 385 g/mol. The maximum absolute atomic E-state index is 12.1. The fraction of sp³-hybridized carbons (Fsp3) is 0.389. The highest BCUT2D eigenvalue weighted by Gasteiger charge is 2.27. The first-order valence-corrected chi connectivity index (χ1v) is 8.97. The Morgan fingerprint density at radius 1 is 1.23 bits per heavy atom. The van der Waals surface area contributed by atoms with Crippen molar-refractivity contribution in [3.8, 4) is 0 Å². The molecule has 0 aliphatic carbocycles. The molecule has 8 heteroatoms. The summed E-state index contributed by atoms with van der Waals surface area (Å²) >= 11 is 1.65. The summed E-state index contributed by atoms with van der Waals surface area (Å²) in [5.74, 6) is 0.745. The fourth-order valence-electron chi connectivity index (χ4n) is 2.41. The molecule has 0 atom stereocenters. The molecule has 0 fully saturated rings. The zero-order valence-corrected chi connectivity index (χ0v) is 15.5. The average Bonchev–Trinajstić information content (AvgIpc) is 3.07. The van der Waals surface area contributed by atoms with Crippen molar-refractivity contribution in [2.45, 2.75) is 25.9 Å². The van der Waals surface area contributed by atoms with Crippen molar-refractivity contribution in [1.82, 2.24) is 10.2 Å². The molecule has 0 saturated heterocycles. The maximum Gasteiger partial charge on any atom is 0.411 e. The van der Waals surface area contributed by atoms with Gasteiger partial charge in [0, 0.05) is 27.2 Å². The van der Waals surface area contributed by atoms with Crippen molar-refractivity contribution >= 4 is 17.3 Å². The van der Waals surface area contributed by atoms with Gasteiger partial charge in [0.1, 0.15) is 6.61 Å². The number of halogens is 3. The summed E-state index contributed by atoms with van der Waals surface area (Å²) in [6, 6.07) is 9.36. The molecule has 2 rings (SSSR count). The van der Waals surface area contributed by atoms with Crippen molar-refractivity contribution in [3.05, 3.63) is 57.8 Å². The SMILES string of the molecule is CN=C(NCc1cccc(COCC(F)(F)F)c1)N(C)Cc1ccsc1. The largest absolute Gasteiger partial charge is 0.411 e. The molecule has 1 N–H and O–H groups in total. The van der Waals surface area contributed by atoms with Gasteiger partial charge in [-0.05, 0) is 33.5 Å². The molecule has 0 unspecified atom stereocenters. The van der Waals surface area contributed by atoms with Crippen LogP contribution in [0.1, 0.15) is 16.7 Å². The summed E-state index contributed by atoms with van der Waals surface area (Å²) in [6.45, 7) is -0.0438. The molecule has 26 heavy (non-hydrogen) atoms. The molecule has 0 radical (unpaired) electrons. The number of guanidine groups is 1. The molecule has 0 spiro atoms. The summed E-state index contributed by atoms with van der Waals surface area (Å²) in [5.41, 5.74) is 2.86. The second-order valence-corrected chi connectivity index (χ2v) is 6.60. The number of aliphatic imine (C=N–C) groups is 1. The molecule has 0 aliphatic rings. The number of alkyl halides is 3. The molecule has 1 aromatic heterocycles. The first-order valence-electron chi connectivity index (χ1n) is 8.02. The average molecular weight is 385 g/mol. The summed E-state index contributed by atoms with van der Waals surface area (Å²) in [5, 5.41) is 7.39. The Kier molecular flexibility index (Phi) is 7.47. The van der Waals surface area contributed by atoms with Crippen LogP contribution in [0.25, 0.3) is 0 Å². The van der Waals surface area contributed by atoms with Gasteiger partial charge in [0.25, 0.3) is 0 Å². The van der Waals surface area contributed by atoms with Gasteiger partial charge in [0.15, 0.2) is 5.96 Å². The highest BCUT2D eigenvalue weighted by Crippen LogP contribution is 2.16. The van der Waals surface area contributed by atoms with E-state index >= 15 is 0 Å². The van der Waals surface area contributed by atoms with Gasteiger partial charge in [-0.15, -0.1) is 0 Å². The van der Waals surface area contributed by atoms with E-state index in [1.807, 2.05) is 29.5 Å². The van der Waals surface area contributed by atoms with Gasteiger partial charge in [-0.2, -0.15) is 24.5 Å². The third kappa shape index (κ3) is 7.05. The van der Waals surface area contributed by atoms with Crippen LogP contribution < -0.4 is 5.32 Å². The fourth-order valence-corrected chi connectivity index (χ4v) is 3.07. The number of ether oxygens (including phenoxy) is 1. The van der Waals surface area contributed by atoms with Gasteiger partial charge in [0.05, 0.1) is 6.61 Å². The number of thiophene rings is 1. The van der Waals surface area contributed by atoms with E-state index in [4.69, 9.17) is 4.74 Å². The van der Waals surface area contributed by atoms with E-state index in [1.165, 1.54) is 5.56 Å². The lowest BCUT2D eigenvalue weighted by Gasteiger charge is -2.21. The second-order valence-electron chi connectivity index (χ2n) is 5.82. The lowest BCUT2D eigenvalue weighted by molar-refractivity contribution is -0.176. The topological polar surface area (TPSA) is 36.9 Å². The normalized spacial score (nSPS) is 12.3. The lowest BCUT2D eigenvalue weighted by atomic mass is 10.1. The summed E-state index contributed by atoms with van der Waals surface area (Å²) in [4.78, 5) is 6.28. The van der Waals surface area contributed by atoms with Crippen LogP contribution in [0.5, 0.6) is 0 Å². The first kappa shape index (κ1) is 20.3.